The Labute approximate surface area is 106 Å². The van der Waals surface area contributed by atoms with Crippen molar-refractivity contribution in [1.29, 1.82) is 0 Å². The first kappa shape index (κ1) is 14.6. The molecule has 1 fully saturated rings. The third-order valence-electron chi connectivity index (χ3n) is 2.95. The lowest BCUT2D eigenvalue weighted by Crippen LogP contribution is -2.30. The van der Waals surface area contributed by atoms with Gasteiger partial charge in [-0.3, -0.25) is 14.4 Å². The molecule has 1 aliphatic carbocycles. The van der Waals surface area contributed by atoms with E-state index in [9.17, 15) is 14.4 Å². The Bertz CT molecular complexity index is 326. The van der Waals surface area contributed by atoms with Gasteiger partial charge in [-0.1, -0.05) is 0 Å². The van der Waals surface area contributed by atoms with Crippen molar-refractivity contribution < 1.29 is 19.5 Å². The van der Waals surface area contributed by atoms with Crippen LogP contribution in [0.4, 0.5) is 0 Å². The Morgan fingerprint density at radius 1 is 1.28 bits per heavy atom. The van der Waals surface area contributed by atoms with Crippen LogP contribution in [0, 0.1) is 5.92 Å². The van der Waals surface area contributed by atoms with Gasteiger partial charge in [0.15, 0.2) is 0 Å². The third-order valence-corrected chi connectivity index (χ3v) is 2.95. The number of carboxylic acid groups (broad SMARTS) is 1. The van der Waals surface area contributed by atoms with Crippen molar-refractivity contribution in [2.45, 2.75) is 44.6 Å². The number of aliphatic carboxylic acids is 1. The lowest BCUT2D eigenvalue weighted by molar-refractivity contribution is -0.138. The summed E-state index contributed by atoms with van der Waals surface area (Å²) >= 11 is 0. The van der Waals surface area contributed by atoms with Crippen LogP contribution in [-0.2, 0) is 14.4 Å². The van der Waals surface area contributed by atoms with Crippen LogP contribution in [0.25, 0.3) is 0 Å². The van der Waals surface area contributed by atoms with E-state index in [1.165, 1.54) is 0 Å². The molecule has 1 amide bonds. The smallest absolute Gasteiger partial charge is 0.320 e. The molecule has 1 saturated carbocycles. The second-order valence-corrected chi connectivity index (χ2v) is 4.71. The molecule has 0 unspecified atom stereocenters. The van der Waals surface area contributed by atoms with E-state index >= 15 is 0 Å². The van der Waals surface area contributed by atoms with Crippen molar-refractivity contribution in [3.63, 3.8) is 0 Å². The molecule has 0 aromatic heterocycles. The van der Waals surface area contributed by atoms with Crippen LogP contribution in [0.5, 0.6) is 0 Å². The molecule has 1 atom stereocenters. The first-order valence-electron chi connectivity index (χ1n) is 6.28. The van der Waals surface area contributed by atoms with Crippen molar-refractivity contribution >= 4 is 17.7 Å². The third kappa shape index (κ3) is 5.77. The van der Waals surface area contributed by atoms with Crippen LogP contribution in [0.2, 0.25) is 0 Å². The summed E-state index contributed by atoms with van der Waals surface area (Å²) in [6.07, 6.45) is 3.51. The van der Waals surface area contributed by atoms with Gasteiger partial charge in [0.05, 0.1) is 6.42 Å². The highest BCUT2D eigenvalue weighted by atomic mass is 16.4. The number of rotatable bonds is 9. The van der Waals surface area contributed by atoms with E-state index in [-0.39, 0.29) is 24.0 Å². The van der Waals surface area contributed by atoms with Crippen molar-refractivity contribution in [1.82, 2.24) is 5.32 Å². The zero-order valence-electron chi connectivity index (χ0n) is 10.4. The van der Waals surface area contributed by atoms with Crippen molar-refractivity contribution in [3.8, 4) is 0 Å². The molecule has 1 aliphatic rings. The highest BCUT2D eigenvalue weighted by Crippen LogP contribution is 2.30. The molecule has 4 N–H and O–H groups in total. The number of hydrogen-bond acceptors (Lipinski definition) is 4. The molecule has 18 heavy (non-hydrogen) atoms. The van der Waals surface area contributed by atoms with Crippen LogP contribution in [0.3, 0.4) is 0 Å². The van der Waals surface area contributed by atoms with Gasteiger partial charge in [0.25, 0.3) is 0 Å². The number of amides is 1. The Balaban J connectivity index is 1.98. The van der Waals surface area contributed by atoms with Crippen LogP contribution in [-0.4, -0.2) is 35.4 Å². The zero-order chi connectivity index (χ0) is 13.5. The minimum absolute atomic E-state index is 0.0281. The maximum atomic E-state index is 11.3. The van der Waals surface area contributed by atoms with E-state index in [1.807, 2.05) is 0 Å². The maximum Gasteiger partial charge on any atom is 0.320 e. The zero-order valence-corrected chi connectivity index (χ0v) is 10.4. The summed E-state index contributed by atoms with van der Waals surface area (Å²) in [6.45, 7) is 0.461. The summed E-state index contributed by atoms with van der Waals surface area (Å²) in [5, 5.41) is 11.2. The number of nitrogens with one attached hydrogen (secondary N) is 1. The quantitative estimate of drug-likeness (QED) is 0.399. The number of Topliss-reactive ketones (excluding diaryl/α,β-unsaturated/α-hetero) is 1. The molecule has 102 valence electrons. The van der Waals surface area contributed by atoms with Crippen molar-refractivity contribution in [2.75, 3.05) is 6.54 Å². The fourth-order valence-corrected chi connectivity index (χ4v) is 1.61. The van der Waals surface area contributed by atoms with Gasteiger partial charge in [0.1, 0.15) is 11.8 Å². The SMILES string of the molecule is N[C@@H](CCCCNC(=O)CC(=O)C1CC1)C(=O)O. The van der Waals surface area contributed by atoms with E-state index in [1.54, 1.807) is 0 Å². The highest BCUT2D eigenvalue weighted by Gasteiger charge is 2.30. The molecule has 0 bridgehead atoms. The van der Waals surface area contributed by atoms with Gasteiger partial charge >= 0.3 is 5.97 Å². The molecular weight excluding hydrogens is 236 g/mol. The minimum atomic E-state index is -1.01. The predicted molar refractivity (Wildman–Crippen MR) is 64.8 cm³/mol. The second kappa shape index (κ2) is 7.10. The number of hydrogen-bond donors (Lipinski definition) is 3. The van der Waals surface area contributed by atoms with Gasteiger partial charge in [0, 0.05) is 12.5 Å². The average Bonchev–Trinajstić information content (AvgIpc) is 3.11. The molecule has 0 aromatic carbocycles. The summed E-state index contributed by atoms with van der Waals surface area (Å²) in [5.41, 5.74) is 5.33. The van der Waals surface area contributed by atoms with E-state index in [0.29, 0.717) is 25.8 Å². The van der Waals surface area contributed by atoms with Crippen molar-refractivity contribution in [3.05, 3.63) is 0 Å². The summed E-state index contributed by atoms with van der Waals surface area (Å²) in [5.74, 6) is -1.10. The monoisotopic (exact) mass is 256 g/mol. The Morgan fingerprint density at radius 2 is 1.94 bits per heavy atom. The van der Waals surface area contributed by atoms with Gasteiger partial charge in [-0.05, 0) is 32.1 Å². The molecular formula is C12H20N2O4. The number of carboxylic acids is 1. The summed E-state index contributed by atoms with van der Waals surface area (Å²) < 4.78 is 0. The molecule has 0 aromatic rings. The fourth-order valence-electron chi connectivity index (χ4n) is 1.61. The number of unbranched alkanes of at least 4 members (excludes halogenated alkanes) is 1. The minimum Gasteiger partial charge on any atom is -0.480 e. The maximum absolute atomic E-state index is 11.3. The van der Waals surface area contributed by atoms with Crippen LogP contribution in [0.1, 0.15) is 38.5 Å². The summed E-state index contributed by atoms with van der Waals surface area (Å²) in [7, 11) is 0. The Hall–Kier alpha value is -1.43. The van der Waals surface area contributed by atoms with Gasteiger partial charge in [0.2, 0.25) is 5.91 Å². The van der Waals surface area contributed by atoms with Gasteiger partial charge < -0.3 is 16.2 Å². The van der Waals surface area contributed by atoms with Crippen LogP contribution < -0.4 is 11.1 Å². The Kier molecular flexibility index (Phi) is 5.77. The van der Waals surface area contributed by atoms with Crippen LogP contribution >= 0.6 is 0 Å². The first-order chi connectivity index (χ1) is 8.50. The topological polar surface area (TPSA) is 109 Å². The van der Waals surface area contributed by atoms with Gasteiger partial charge in [-0.25, -0.2) is 0 Å². The number of nitrogens with two attached hydrogens (primary N) is 1. The normalized spacial score (nSPS) is 16.1. The standard InChI is InChI=1S/C12H20N2O4/c13-9(12(17)18)3-1-2-6-14-11(16)7-10(15)8-4-5-8/h8-9H,1-7,13H2,(H,14,16)(H,17,18)/t9-/m0/s1. The molecule has 0 spiro atoms. The van der Waals surface area contributed by atoms with E-state index in [0.717, 1.165) is 12.8 Å². The molecule has 1 rings (SSSR count). The lowest BCUT2D eigenvalue weighted by Gasteiger charge is -2.07. The van der Waals surface area contributed by atoms with E-state index in [4.69, 9.17) is 10.8 Å². The number of carbonyl (C=O) groups excluding carboxylic acids is 2. The average molecular weight is 256 g/mol. The number of carbonyl (C=O) groups is 3. The molecule has 0 radical (unpaired) electrons. The van der Waals surface area contributed by atoms with E-state index < -0.39 is 12.0 Å². The van der Waals surface area contributed by atoms with Gasteiger partial charge in [-0.15, -0.1) is 0 Å². The lowest BCUT2D eigenvalue weighted by atomic mass is 10.1. The summed E-state index contributed by atoms with van der Waals surface area (Å²) in [4.78, 5) is 33.1. The van der Waals surface area contributed by atoms with Crippen LogP contribution in [0.15, 0.2) is 0 Å². The molecule has 0 aliphatic heterocycles. The predicted octanol–water partition coefficient (Wildman–Crippen LogP) is 0.0540. The second-order valence-electron chi connectivity index (χ2n) is 4.71. The van der Waals surface area contributed by atoms with Gasteiger partial charge in [-0.2, -0.15) is 0 Å². The first-order valence-corrected chi connectivity index (χ1v) is 6.28. The van der Waals surface area contributed by atoms with E-state index in [2.05, 4.69) is 5.32 Å². The Morgan fingerprint density at radius 3 is 2.50 bits per heavy atom. The largest absolute Gasteiger partial charge is 0.480 e. The molecule has 0 heterocycles. The summed E-state index contributed by atoms with van der Waals surface area (Å²) in [6, 6.07) is -0.836. The molecule has 6 nitrogen and oxygen atoms in total. The highest BCUT2D eigenvalue weighted by molar-refractivity contribution is 5.99. The fraction of sp³-hybridized carbons (Fsp3) is 0.750. The molecule has 6 heteroatoms. The molecule has 0 saturated heterocycles. The van der Waals surface area contributed by atoms with Crippen molar-refractivity contribution in [2.24, 2.45) is 11.7 Å². The number of ketones is 1.